The minimum Gasteiger partial charge on any atom is -0.501 e. The van der Waals surface area contributed by atoms with Crippen molar-refractivity contribution in [3.8, 4) is 0 Å². The zero-order chi connectivity index (χ0) is 11.3. The predicted octanol–water partition coefficient (Wildman–Crippen LogP) is 4.01. The maximum atomic E-state index is 4.94. The molecule has 3 rings (SSSR count). The van der Waals surface area contributed by atoms with E-state index in [1.807, 2.05) is 18.4 Å². The van der Waals surface area contributed by atoms with Crippen molar-refractivity contribution in [2.75, 3.05) is 26.4 Å². The maximum absolute atomic E-state index is 4.94. The Labute approximate surface area is 113 Å². The molecule has 0 amide bonds. The second-order valence-corrected chi connectivity index (χ2v) is 3.62. The van der Waals surface area contributed by atoms with E-state index < -0.39 is 0 Å². The van der Waals surface area contributed by atoms with Gasteiger partial charge in [-0.2, -0.15) is 0 Å². The van der Waals surface area contributed by atoms with E-state index in [0.29, 0.717) is 0 Å². The molecule has 0 bridgehead atoms. The van der Waals surface area contributed by atoms with Crippen LogP contribution in [0.5, 0.6) is 0 Å². The Morgan fingerprint density at radius 2 is 1.67 bits per heavy atom. The molecule has 0 spiro atoms. The molecule has 0 aromatic rings. The molecule has 106 valence electrons. The van der Waals surface area contributed by atoms with Gasteiger partial charge in [-0.15, -0.1) is 0 Å². The number of rotatable bonds is 0. The van der Waals surface area contributed by atoms with E-state index in [4.69, 9.17) is 9.47 Å². The summed E-state index contributed by atoms with van der Waals surface area (Å²) in [5.74, 6) is 0. The first-order chi connectivity index (χ1) is 8.00. The molecule has 3 aliphatic heterocycles. The van der Waals surface area contributed by atoms with Gasteiger partial charge in [0.15, 0.2) is 0 Å². The Morgan fingerprint density at radius 1 is 0.889 bits per heavy atom. The summed E-state index contributed by atoms with van der Waals surface area (Å²) in [6.45, 7) is 3.87. The fraction of sp³-hybridized carbons (Fsp3) is 0.667. The highest BCUT2D eigenvalue weighted by Gasteiger charge is 1.94. The molecule has 18 heavy (non-hydrogen) atoms. The van der Waals surface area contributed by atoms with Gasteiger partial charge in [0.1, 0.15) is 0 Å². The van der Waals surface area contributed by atoms with E-state index in [0.717, 1.165) is 39.2 Å². The van der Waals surface area contributed by atoms with Crippen molar-refractivity contribution in [2.24, 2.45) is 4.99 Å². The third kappa shape index (κ3) is 13.0. The average Bonchev–Trinajstić information content (AvgIpc) is 3.10. The molecule has 0 atom stereocenters. The Morgan fingerprint density at radius 3 is 1.83 bits per heavy atom. The van der Waals surface area contributed by atoms with Gasteiger partial charge in [0.25, 0.3) is 0 Å². The number of hydrogen-bond donors (Lipinski definition) is 0. The summed E-state index contributed by atoms with van der Waals surface area (Å²) in [4.78, 5) is 3.97. The summed E-state index contributed by atoms with van der Waals surface area (Å²) in [6, 6.07) is 0. The molecule has 0 aliphatic carbocycles. The maximum Gasteiger partial charge on any atom is 0.0908 e. The lowest BCUT2D eigenvalue weighted by atomic mass is 10.3. The first-order valence-electron chi connectivity index (χ1n) is 5.99. The van der Waals surface area contributed by atoms with Crippen LogP contribution in [0.4, 0.5) is 0 Å². The molecule has 3 aliphatic rings. The Hall–Kier alpha value is -1.09. The average molecular weight is 255 g/mol. The smallest absolute Gasteiger partial charge is 0.0908 e. The topological polar surface area (TPSA) is 30.8 Å². The van der Waals surface area contributed by atoms with Crippen LogP contribution in [0.3, 0.4) is 0 Å². The molecule has 0 aromatic carbocycles. The van der Waals surface area contributed by atoms with Gasteiger partial charge in [0.2, 0.25) is 0 Å². The molecular formula is C15H29NO2. The Balaban J connectivity index is 0. The van der Waals surface area contributed by atoms with Crippen molar-refractivity contribution >= 4 is 6.21 Å². The lowest BCUT2D eigenvalue weighted by Gasteiger charge is -1.88. The van der Waals surface area contributed by atoms with E-state index in [-0.39, 0.29) is 14.9 Å². The highest BCUT2D eigenvalue weighted by Crippen LogP contribution is 1.98. The normalized spacial score (nSPS) is 18.2. The van der Waals surface area contributed by atoms with Crippen molar-refractivity contribution in [1.29, 1.82) is 0 Å². The number of nitrogens with zero attached hydrogens (tertiary/aromatic N) is 1. The van der Waals surface area contributed by atoms with Crippen LogP contribution in [0.2, 0.25) is 0 Å². The van der Waals surface area contributed by atoms with Gasteiger partial charge in [-0.1, -0.05) is 20.9 Å². The van der Waals surface area contributed by atoms with Crippen molar-refractivity contribution in [3.63, 3.8) is 0 Å². The van der Waals surface area contributed by atoms with E-state index in [1.54, 1.807) is 6.26 Å². The minimum atomic E-state index is 0. The molecule has 0 aromatic heterocycles. The SMILES string of the molecule is C.C.C1=CCCN=C1.C1=COCC1.C1CCOC1. The summed E-state index contributed by atoms with van der Waals surface area (Å²) in [5.41, 5.74) is 0. The standard InChI is InChI=1S/C5H7N.C4H8O.C4H6O.2CH4/c1-2-4-6-5-3-1;2*1-2-4-5-3-1;;/h1-2,4H,3,5H2;1-4H2;1,3H,2,4H2;2*1H4. The third-order valence-electron chi connectivity index (χ3n) is 2.17. The zero-order valence-electron chi connectivity index (χ0n) is 9.81. The monoisotopic (exact) mass is 255 g/mol. The first-order valence-corrected chi connectivity index (χ1v) is 5.99. The molecule has 3 nitrogen and oxygen atoms in total. The summed E-state index contributed by atoms with van der Waals surface area (Å²) in [6.07, 6.45) is 14.5. The van der Waals surface area contributed by atoms with Crippen LogP contribution in [0, 0.1) is 0 Å². The van der Waals surface area contributed by atoms with E-state index in [9.17, 15) is 0 Å². The highest BCUT2D eigenvalue weighted by molar-refractivity contribution is 5.71. The largest absolute Gasteiger partial charge is 0.501 e. The molecule has 0 unspecified atom stereocenters. The summed E-state index contributed by atoms with van der Waals surface area (Å²) in [7, 11) is 0. The van der Waals surface area contributed by atoms with E-state index in [1.165, 1.54) is 12.8 Å². The summed E-state index contributed by atoms with van der Waals surface area (Å²) in [5, 5.41) is 0. The van der Waals surface area contributed by atoms with Crippen LogP contribution >= 0.6 is 0 Å². The molecular weight excluding hydrogens is 226 g/mol. The Kier molecular flexibility index (Phi) is 17.0. The highest BCUT2D eigenvalue weighted by atomic mass is 16.5. The second-order valence-electron chi connectivity index (χ2n) is 3.62. The number of allylic oxidation sites excluding steroid dienone is 1. The van der Waals surface area contributed by atoms with Gasteiger partial charge < -0.3 is 9.47 Å². The number of dihydropyridines is 1. The van der Waals surface area contributed by atoms with Crippen molar-refractivity contribution in [3.05, 3.63) is 24.5 Å². The fourth-order valence-electron chi connectivity index (χ4n) is 1.29. The van der Waals surface area contributed by atoms with Gasteiger partial charge in [0.05, 0.1) is 12.9 Å². The van der Waals surface area contributed by atoms with E-state index in [2.05, 4.69) is 11.1 Å². The molecule has 3 heterocycles. The Bertz CT molecular complexity index is 205. The van der Waals surface area contributed by atoms with Gasteiger partial charge >= 0.3 is 0 Å². The predicted molar refractivity (Wildman–Crippen MR) is 80.3 cm³/mol. The lowest BCUT2D eigenvalue weighted by Crippen LogP contribution is -1.81. The van der Waals surface area contributed by atoms with Crippen LogP contribution in [-0.4, -0.2) is 32.6 Å². The van der Waals surface area contributed by atoms with Crippen molar-refractivity contribution < 1.29 is 9.47 Å². The molecule has 0 radical (unpaired) electrons. The minimum absolute atomic E-state index is 0. The van der Waals surface area contributed by atoms with E-state index >= 15 is 0 Å². The van der Waals surface area contributed by atoms with Gasteiger partial charge in [0, 0.05) is 32.4 Å². The van der Waals surface area contributed by atoms with Crippen molar-refractivity contribution in [2.45, 2.75) is 40.5 Å². The zero-order valence-corrected chi connectivity index (χ0v) is 9.81. The molecule has 1 fully saturated rings. The lowest BCUT2D eigenvalue weighted by molar-refractivity contribution is 0.198. The fourth-order valence-corrected chi connectivity index (χ4v) is 1.29. The van der Waals surface area contributed by atoms with Crippen LogP contribution in [0.1, 0.15) is 40.5 Å². The van der Waals surface area contributed by atoms with Crippen LogP contribution in [0.15, 0.2) is 29.5 Å². The molecule has 0 N–H and O–H groups in total. The number of hydrogen-bond acceptors (Lipinski definition) is 3. The van der Waals surface area contributed by atoms with Gasteiger partial charge in [-0.05, 0) is 31.4 Å². The third-order valence-corrected chi connectivity index (χ3v) is 2.17. The molecule has 3 heteroatoms. The number of ether oxygens (including phenoxy) is 2. The van der Waals surface area contributed by atoms with Gasteiger partial charge in [-0.3, -0.25) is 4.99 Å². The van der Waals surface area contributed by atoms with Gasteiger partial charge in [-0.25, -0.2) is 0 Å². The first kappa shape index (κ1) is 19.3. The van der Waals surface area contributed by atoms with Crippen LogP contribution in [-0.2, 0) is 9.47 Å². The number of aliphatic imine (C=N–C) groups is 1. The molecule has 1 saturated heterocycles. The summed E-state index contributed by atoms with van der Waals surface area (Å²) < 4.78 is 9.71. The van der Waals surface area contributed by atoms with Crippen LogP contribution in [0.25, 0.3) is 0 Å². The van der Waals surface area contributed by atoms with Crippen LogP contribution < -0.4 is 0 Å². The quantitative estimate of drug-likeness (QED) is 0.655. The van der Waals surface area contributed by atoms with Crippen molar-refractivity contribution in [1.82, 2.24) is 0 Å². The molecule has 0 saturated carbocycles. The second kappa shape index (κ2) is 15.9. The summed E-state index contributed by atoms with van der Waals surface area (Å²) >= 11 is 0.